The number of hydrogen-bond acceptors (Lipinski definition) is 5. The predicted molar refractivity (Wildman–Crippen MR) is 115 cm³/mol. The SMILES string of the molecule is COC(=O)[C@H]1CC(NO)CN1C(c1ccccc1)(c1ccccc1)c1ccccc1. The van der Waals surface area contributed by atoms with Crippen molar-refractivity contribution in [1.29, 1.82) is 0 Å². The highest BCUT2D eigenvalue weighted by Gasteiger charge is 2.51. The molecule has 0 saturated carbocycles. The molecule has 0 spiro atoms. The summed E-state index contributed by atoms with van der Waals surface area (Å²) in [4.78, 5) is 15.0. The van der Waals surface area contributed by atoms with Gasteiger partial charge in [0.2, 0.25) is 0 Å². The number of likely N-dealkylation sites (tertiary alicyclic amines) is 1. The van der Waals surface area contributed by atoms with Crippen LogP contribution in [0.25, 0.3) is 0 Å². The van der Waals surface area contributed by atoms with Crippen molar-refractivity contribution in [2.45, 2.75) is 24.0 Å². The van der Waals surface area contributed by atoms with E-state index in [9.17, 15) is 10.0 Å². The highest BCUT2D eigenvalue weighted by atomic mass is 16.5. The lowest BCUT2D eigenvalue weighted by Gasteiger charge is -2.45. The second kappa shape index (κ2) is 8.79. The smallest absolute Gasteiger partial charge is 0.323 e. The summed E-state index contributed by atoms with van der Waals surface area (Å²) in [6.07, 6.45) is 0.456. The Morgan fingerprint density at radius 3 is 1.70 bits per heavy atom. The van der Waals surface area contributed by atoms with Crippen LogP contribution in [-0.2, 0) is 15.1 Å². The third kappa shape index (κ3) is 3.41. The lowest BCUT2D eigenvalue weighted by Crippen LogP contribution is -2.53. The Bertz CT molecular complexity index is 867. The van der Waals surface area contributed by atoms with E-state index < -0.39 is 11.6 Å². The maximum absolute atomic E-state index is 12.9. The van der Waals surface area contributed by atoms with Crippen molar-refractivity contribution in [3.8, 4) is 0 Å². The molecule has 5 heteroatoms. The predicted octanol–water partition coefficient (Wildman–Crippen LogP) is 3.57. The lowest BCUT2D eigenvalue weighted by molar-refractivity contribution is -0.147. The van der Waals surface area contributed by atoms with Crippen LogP contribution in [0.1, 0.15) is 23.1 Å². The second-order valence-electron chi connectivity index (χ2n) is 7.56. The quantitative estimate of drug-likeness (QED) is 0.375. The van der Waals surface area contributed by atoms with Gasteiger partial charge in [-0.1, -0.05) is 91.0 Å². The van der Waals surface area contributed by atoms with Gasteiger partial charge in [0.15, 0.2) is 0 Å². The number of hydroxylamine groups is 1. The number of carbonyl (C=O) groups is 1. The molecule has 1 fully saturated rings. The van der Waals surface area contributed by atoms with Gasteiger partial charge in [0.25, 0.3) is 0 Å². The van der Waals surface area contributed by atoms with E-state index in [1.165, 1.54) is 7.11 Å². The van der Waals surface area contributed by atoms with Gasteiger partial charge < -0.3 is 9.94 Å². The van der Waals surface area contributed by atoms with Crippen LogP contribution in [0.3, 0.4) is 0 Å². The fourth-order valence-corrected chi connectivity index (χ4v) is 4.70. The molecule has 30 heavy (non-hydrogen) atoms. The van der Waals surface area contributed by atoms with Gasteiger partial charge in [-0.2, -0.15) is 0 Å². The van der Waals surface area contributed by atoms with E-state index in [4.69, 9.17) is 4.74 Å². The van der Waals surface area contributed by atoms with Crippen molar-refractivity contribution in [3.05, 3.63) is 108 Å². The van der Waals surface area contributed by atoms with Gasteiger partial charge in [0.05, 0.1) is 12.6 Å². The molecule has 0 bridgehead atoms. The minimum Gasteiger partial charge on any atom is -0.468 e. The van der Waals surface area contributed by atoms with Gasteiger partial charge in [0, 0.05) is 12.6 Å². The monoisotopic (exact) mass is 402 g/mol. The molecule has 2 N–H and O–H groups in total. The standard InChI is InChI=1S/C25H26N2O3/c1-30-24(28)23-17-22(26-29)18-27(23)25(19-11-5-2-6-12-19,20-13-7-3-8-14-20)21-15-9-4-10-16-21/h2-16,22-23,26,29H,17-18H2,1H3/t22?,23-/m1/s1. The van der Waals surface area contributed by atoms with E-state index in [-0.39, 0.29) is 12.0 Å². The molecule has 5 nitrogen and oxygen atoms in total. The Hall–Kier alpha value is -2.99. The normalized spacial score (nSPS) is 19.5. The van der Waals surface area contributed by atoms with E-state index in [0.29, 0.717) is 13.0 Å². The van der Waals surface area contributed by atoms with Crippen LogP contribution >= 0.6 is 0 Å². The zero-order chi connectivity index (χ0) is 21.0. The van der Waals surface area contributed by atoms with Crippen LogP contribution in [0.2, 0.25) is 0 Å². The third-order valence-electron chi connectivity index (χ3n) is 5.96. The molecule has 1 saturated heterocycles. The highest BCUT2D eigenvalue weighted by molar-refractivity contribution is 5.77. The first-order valence-electron chi connectivity index (χ1n) is 10.1. The van der Waals surface area contributed by atoms with Crippen LogP contribution in [0.5, 0.6) is 0 Å². The molecule has 0 aliphatic carbocycles. The Kier molecular flexibility index (Phi) is 5.95. The number of carbonyl (C=O) groups excluding carboxylic acids is 1. The van der Waals surface area contributed by atoms with Gasteiger partial charge in [-0.15, -0.1) is 0 Å². The number of nitrogens with one attached hydrogen (secondary N) is 1. The molecule has 2 atom stereocenters. The van der Waals surface area contributed by atoms with E-state index in [2.05, 4.69) is 46.8 Å². The summed E-state index contributed by atoms with van der Waals surface area (Å²) in [5.41, 5.74) is 4.80. The molecule has 154 valence electrons. The molecule has 0 aromatic heterocycles. The summed E-state index contributed by atoms with van der Waals surface area (Å²) < 4.78 is 5.17. The zero-order valence-corrected chi connectivity index (χ0v) is 16.9. The summed E-state index contributed by atoms with van der Waals surface area (Å²) >= 11 is 0. The van der Waals surface area contributed by atoms with Crippen molar-refractivity contribution < 1.29 is 14.7 Å². The number of nitrogens with zero attached hydrogens (tertiary/aromatic N) is 1. The number of hydrogen-bond donors (Lipinski definition) is 2. The molecular formula is C25H26N2O3. The van der Waals surface area contributed by atoms with E-state index in [0.717, 1.165) is 16.7 Å². The Morgan fingerprint density at radius 1 is 0.900 bits per heavy atom. The van der Waals surface area contributed by atoms with Gasteiger partial charge in [0.1, 0.15) is 6.04 Å². The average molecular weight is 402 g/mol. The van der Waals surface area contributed by atoms with E-state index in [1.54, 1.807) is 0 Å². The van der Waals surface area contributed by atoms with Gasteiger partial charge in [-0.3, -0.25) is 9.69 Å². The molecule has 1 aliphatic rings. The second-order valence-corrected chi connectivity index (χ2v) is 7.56. The molecule has 3 aromatic carbocycles. The van der Waals surface area contributed by atoms with E-state index >= 15 is 0 Å². The van der Waals surface area contributed by atoms with Crippen molar-refractivity contribution in [3.63, 3.8) is 0 Å². The highest BCUT2D eigenvalue weighted by Crippen LogP contribution is 2.46. The molecule has 1 aliphatic heterocycles. The first-order chi connectivity index (χ1) is 14.7. The number of benzene rings is 3. The first kappa shape index (κ1) is 20.3. The summed E-state index contributed by atoms with van der Waals surface area (Å²) in [5, 5.41) is 9.70. The molecule has 4 rings (SSSR count). The van der Waals surface area contributed by atoms with Crippen LogP contribution in [-0.4, -0.2) is 41.8 Å². The minimum atomic E-state index is -0.728. The number of methoxy groups -OCH3 is 1. The van der Waals surface area contributed by atoms with Gasteiger partial charge in [-0.05, 0) is 23.1 Å². The van der Waals surface area contributed by atoms with Crippen molar-refractivity contribution in [2.75, 3.05) is 13.7 Å². The molecule has 1 heterocycles. The first-order valence-corrected chi connectivity index (χ1v) is 10.1. The van der Waals surface area contributed by atoms with Crippen LogP contribution in [0.4, 0.5) is 0 Å². The zero-order valence-electron chi connectivity index (χ0n) is 16.9. The third-order valence-corrected chi connectivity index (χ3v) is 5.96. The Balaban J connectivity index is 2.03. The van der Waals surface area contributed by atoms with Crippen LogP contribution in [0.15, 0.2) is 91.0 Å². The minimum absolute atomic E-state index is 0.246. The maximum Gasteiger partial charge on any atom is 0.323 e. The van der Waals surface area contributed by atoms with Crippen molar-refractivity contribution in [2.24, 2.45) is 0 Å². The summed E-state index contributed by atoms with van der Waals surface area (Å²) in [6.45, 7) is 0.481. The molecule has 0 amide bonds. The topological polar surface area (TPSA) is 61.8 Å². The van der Waals surface area contributed by atoms with Crippen LogP contribution in [0, 0.1) is 0 Å². The Labute approximate surface area is 176 Å². The maximum atomic E-state index is 12.9. The Morgan fingerprint density at radius 2 is 1.33 bits per heavy atom. The summed E-state index contributed by atoms with van der Waals surface area (Å²) in [5.74, 6) is -0.306. The summed E-state index contributed by atoms with van der Waals surface area (Å²) in [6, 6.07) is 29.8. The van der Waals surface area contributed by atoms with Gasteiger partial charge >= 0.3 is 5.97 Å². The molecule has 0 radical (unpaired) electrons. The molecular weight excluding hydrogens is 376 g/mol. The average Bonchev–Trinajstić information content (AvgIpc) is 3.26. The van der Waals surface area contributed by atoms with Crippen molar-refractivity contribution >= 4 is 5.97 Å². The van der Waals surface area contributed by atoms with Gasteiger partial charge in [-0.25, -0.2) is 5.48 Å². The summed E-state index contributed by atoms with van der Waals surface area (Å²) in [7, 11) is 1.41. The van der Waals surface area contributed by atoms with E-state index in [1.807, 2.05) is 54.6 Å². The largest absolute Gasteiger partial charge is 0.468 e. The molecule has 1 unspecified atom stereocenters. The van der Waals surface area contributed by atoms with Crippen LogP contribution < -0.4 is 5.48 Å². The number of rotatable bonds is 6. The fourth-order valence-electron chi connectivity index (χ4n) is 4.70. The number of ether oxygens (including phenoxy) is 1. The fraction of sp³-hybridized carbons (Fsp3) is 0.240. The van der Waals surface area contributed by atoms with Crippen molar-refractivity contribution in [1.82, 2.24) is 10.4 Å². The number of esters is 1. The molecule has 3 aromatic rings. The lowest BCUT2D eigenvalue weighted by atomic mass is 9.75.